The average molecular weight is 309 g/mol. The van der Waals surface area contributed by atoms with E-state index < -0.39 is 0 Å². The fourth-order valence-electron chi connectivity index (χ4n) is 2.13. The number of fused-ring (bicyclic) bond motifs is 1. The summed E-state index contributed by atoms with van der Waals surface area (Å²) >= 11 is 5.67. The molecule has 0 unspecified atom stereocenters. The highest BCUT2D eigenvalue weighted by Gasteiger charge is 2.10. The molecule has 0 atom stereocenters. The summed E-state index contributed by atoms with van der Waals surface area (Å²) in [5.74, 6) is 2.97. The Morgan fingerprint density at radius 2 is 1.90 bits per heavy atom. The van der Waals surface area contributed by atoms with Crippen LogP contribution in [0.5, 0.6) is 17.2 Å². The second-order valence-electron chi connectivity index (χ2n) is 4.72. The minimum atomic E-state index is 0.586. The van der Waals surface area contributed by atoms with Crippen LogP contribution in [0.25, 0.3) is 10.8 Å². The second-order valence-corrected chi connectivity index (χ2v) is 5.10. The molecule has 0 radical (unpaired) electrons. The lowest BCUT2D eigenvalue weighted by Crippen LogP contribution is -2.00. The van der Waals surface area contributed by atoms with Gasteiger partial charge in [0.05, 0.1) is 20.3 Å². The Kier molecular flexibility index (Phi) is 6.00. The predicted octanol–water partition coefficient (Wildman–Crippen LogP) is 4.64. The van der Waals surface area contributed by atoms with E-state index in [0.717, 1.165) is 47.5 Å². The zero-order valence-corrected chi connectivity index (χ0v) is 13.3. The van der Waals surface area contributed by atoms with Gasteiger partial charge in [0.25, 0.3) is 0 Å². The lowest BCUT2D eigenvalue weighted by Gasteiger charge is -2.13. The highest BCUT2D eigenvalue weighted by molar-refractivity contribution is 6.17. The molecule has 2 aromatic carbocycles. The standard InChI is InChI=1S/C17H21ClO3/c1-3-10-20-14-6-7-15-13(12-14)5-8-16(17(15)19-2)21-11-4-9-18/h5-8,12H,3-4,9-11H2,1-2H3. The second kappa shape index (κ2) is 7.99. The van der Waals surface area contributed by atoms with E-state index in [9.17, 15) is 0 Å². The van der Waals surface area contributed by atoms with Gasteiger partial charge in [-0.15, -0.1) is 11.6 Å². The zero-order valence-electron chi connectivity index (χ0n) is 12.5. The van der Waals surface area contributed by atoms with Gasteiger partial charge in [0.2, 0.25) is 0 Å². The molecule has 0 bridgehead atoms. The third-order valence-corrected chi connectivity index (χ3v) is 3.39. The van der Waals surface area contributed by atoms with Gasteiger partial charge in [-0.05, 0) is 42.5 Å². The first-order valence-corrected chi connectivity index (χ1v) is 7.76. The Balaban J connectivity index is 2.29. The number of benzene rings is 2. The van der Waals surface area contributed by atoms with Crippen LogP contribution in [0.4, 0.5) is 0 Å². The van der Waals surface area contributed by atoms with E-state index in [4.69, 9.17) is 25.8 Å². The first kappa shape index (κ1) is 15.8. The molecule has 0 aliphatic rings. The molecule has 2 rings (SSSR count). The topological polar surface area (TPSA) is 27.7 Å². The molecule has 21 heavy (non-hydrogen) atoms. The molecule has 0 fully saturated rings. The Hall–Kier alpha value is -1.61. The molecule has 0 saturated carbocycles. The maximum absolute atomic E-state index is 5.73. The molecule has 0 aliphatic heterocycles. The molecule has 0 aliphatic carbocycles. The van der Waals surface area contributed by atoms with E-state index in [1.807, 2.05) is 30.3 Å². The van der Waals surface area contributed by atoms with Crippen LogP contribution < -0.4 is 14.2 Å². The summed E-state index contributed by atoms with van der Waals surface area (Å²) in [6, 6.07) is 9.94. The van der Waals surface area contributed by atoms with Gasteiger partial charge in [0, 0.05) is 11.3 Å². The molecular formula is C17H21ClO3. The molecule has 0 aromatic heterocycles. The van der Waals surface area contributed by atoms with Crippen molar-refractivity contribution >= 4 is 22.4 Å². The summed E-state index contributed by atoms with van der Waals surface area (Å²) in [7, 11) is 1.66. The lowest BCUT2D eigenvalue weighted by atomic mass is 10.1. The SMILES string of the molecule is CCCOc1ccc2c(OC)c(OCCCCl)ccc2c1. The summed E-state index contributed by atoms with van der Waals surface area (Å²) in [6.45, 7) is 3.40. The minimum absolute atomic E-state index is 0.586. The Bertz CT molecular complexity index is 584. The van der Waals surface area contributed by atoms with Crippen LogP contribution in [-0.2, 0) is 0 Å². The Labute approximate surface area is 130 Å². The van der Waals surface area contributed by atoms with Crippen molar-refractivity contribution in [1.82, 2.24) is 0 Å². The smallest absolute Gasteiger partial charge is 0.168 e. The summed E-state index contributed by atoms with van der Waals surface area (Å²) in [5, 5.41) is 2.09. The van der Waals surface area contributed by atoms with Crippen LogP contribution in [0.3, 0.4) is 0 Å². The average Bonchev–Trinajstić information content (AvgIpc) is 2.52. The number of rotatable bonds is 8. The molecule has 0 amide bonds. The zero-order chi connectivity index (χ0) is 15.1. The van der Waals surface area contributed by atoms with E-state index in [2.05, 4.69) is 6.92 Å². The van der Waals surface area contributed by atoms with Crippen molar-refractivity contribution in [2.24, 2.45) is 0 Å². The Morgan fingerprint density at radius 3 is 2.62 bits per heavy atom. The van der Waals surface area contributed by atoms with Crippen molar-refractivity contribution in [3.8, 4) is 17.2 Å². The van der Waals surface area contributed by atoms with E-state index >= 15 is 0 Å². The number of methoxy groups -OCH3 is 1. The molecular weight excluding hydrogens is 288 g/mol. The number of halogens is 1. The largest absolute Gasteiger partial charge is 0.494 e. The molecule has 0 N–H and O–H groups in total. The summed E-state index contributed by atoms with van der Waals surface area (Å²) in [5.41, 5.74) is 0. The number of hydrogen-bond donors (Lipinski definition) is 0. The third kappa shape index (κ3) is 3.94. The van der Waals surface area contributed by atoms with E-state index in [0.29, 0.717) is 12.5 Å². The van der Waals surface area contributed by atoms with Gasteiger partial charge >= 0.3 is 0 Å². The van der Waals surface area contributed by atoms with E-state index in [-0.39, 0.29) is 0 Å². The normalized spacial score (nSPS) is 10.6. The van der Waals surface area contributed by atoms with Gasteiger partial charge in [-0.1, -0.05) is 13.0 Å². The van der Waals surface area contributed by atoms with Crippen LogP contribution in [0.2, 0.25) is 0 Å². The number of alkyl halides is 1. The minimum Gasteiger partial charge on any atom is -0.494 e. The van der Waals surface area contributed by atoms with Crippen molar-refractivity contribution in [2.45, 2.75) is 19.8 Å². The van der Waals surface area contributed by atoms with Crippen molar-refractivity contribution in [3.63, 3.8) is 0 Å². The van der Waals surface area contributed by atoms with Gasteiger partial charge in [-0.25, -0.2) is 0 Å². The van der Waals surface area contributed by atoms with Crippen molar-refractivity contribution in [3.05, 3.63) is 30.3 Å². The molecule has 0 saturated heterocycles. The van der Waals surface area contributed by atoms with Crippen LogP contribution in [-0.4, -0.2) is 26.2 Å². The molecule has 114 valence electrons. The molecule has 0 heterocycles. The molecule has 3 nitrogen and oxygen atoms in total. The van der Waals surface area contributed by atoms with Gasteiger partial charge in [0.1, 0.15) is 5.75 Å². The van der Waals surface area contributed by atoms with Gasteiger partial charge in [0.15, 0.2) is 11.5 Å². The molecule has 0 spiro atoms. The van der Waals surface area contributed by atoms with Crippen LogP contribution >= 0.6 is 11.6 Å². The Morgan fingerprint density at radius 1 is 1.05 bits per heavy atom. The first-order valence-electron chi connectivity index (χ1n) is 7.22. The summed E-state index contributed by atoms with van der Waals surface area (Å²) in [4.78, 5) is 0. The summed E-state index contributed by atoms with van der Waals surface area (Å²) < 4.78 is 16.9. The summed E-state index contributed by atoms with van der Waals surface area (Å²) in [6.07, 6.45) is 1.81. The fraction of sp³-hybridized carbons (Fsp3) is 0.412. The van der Waals surface area contributed by atoms with Crippen LogP contribution in [0.1, 0.15) is 19.8 Å². The number of ether oxygens (including phenoxy) is 3. The maximum Gasteiger partial charge on any atom is 0.168 e. The monoisotopic (exact) mass is 308 g/mol. The van der Waals surface area contributed by atoms with Crippen molar-refractivity contribution < 1.29 is 14.2 Å². The highest BCUT2D eigenvalue weighted by atomic mass is 35.5. The molecule has 4 heteroatoms. The van der Waals surface area contributed by atoms with Crippen molar-refractivity contribution in [1.29, 1.82) is 0 Å². The highest BCUT2D eigenvalue weighted by Crippen LogP contribution is 2.37. The predicted molar refractivity (Wildman–Crippen MR) is 87.1 cm³/mol. The van der Waals surface area contributed by atoms with Crippen LogP contribution in [0, 0.1) is 0 Å². The van der Waals surface area contributed by atoms with Gasteiger partial charge < -0.3 is 14.2 Å². The lowest BCUT2D eigenvalue weighted by molar-refractivity contribution is 0.296. The fourth-order valence-corrected chi connectivity index (χ4v) is 2.24. The third-order valence-electron chi connectivity index (χ3n) is 3.12. The van der Waals surface area contributed by atoms with Crippen LogP contribution in [0.15, 0.2) is 30.3 Å². The van der Waals surface area contributed by atoms with Gasteiger partial charge in [-0.3, -0.25) is 0 Å². The van der Waals surface area contributed by atoms with Crippen molar-refractivity contribution in [2.75, 3.05) is 26.2 Å². The quantitative estimate of drug-likeness (QED) is 0.525. The number of hydrogen-bond acceptors (Lipinski definition) is 3. The maximum atomic E-state index is 5.73. The molecule has 2 aromatic rings. The van der Waals surface area contributed by atoms with E-state index in [1.165, 1.54) is 0 Å². The van der Waals surface area contributed by atoms with E-state index in [1.54, 1.807) is 7.11 Å². The van der Waals surface area contributed by atoms with Gasteiger partial charge in [-0.2, -0.15) is 0 Å². The first-order chi connectivity index (χ1) is 10.3.